The van der Waals surface area contributed by atoms with Gasteiger partial charge < -0.3 is 10.6 Å². The summed E-state index contributed by atoms with van der Waals surface area (Å²) in [4.78, 5) is 49.5. The van der Waals surface area contributed by atoms with Gasteiger partial charge in [0.05, 0.1) is 4.92 Å². The average Bonchev–Trinajstić information content (AvgIpc) is 2.97. The number of unbranched alkanes of at least 4 members (excludes halogenated alkanes) is 7. The summed E-state index contributed by atoms with van der Waals surface area (Å²) in [5, 5.41) is 18.8. The normalized spacial score (nSPS) is 10.6. The topological polar surface area (TPSA) is 130 Å². The molecule has 0 unspecified atom stereocenters. The maximum absolute atomic E-state index is 12.6. The van der Waals surface area contributed by atoms with Crippen molar-refractivity contribution in [3.8, 4) is 0 Å². The molecule has 10 heteroatoms. The summed E-state index contributed by atoms with van der Waals surface area (Å²) in [6, 6.07) is 19.0. The Labute approximate surface area is 244 Å². The van der Waals surface area contributed by atoms with E-state index in [0.717, 1.165) is 22.6 Å². The average molecular weight is 577 g/mol. The molecule has 0 aliphatic carbocycles. The van der Waals surface area contributed by atoms with Gasteiger partial charge in [-0.05, 0) is 55.0 Å². The monoisotopic (exact) mass is 576 g/mol. The molecule has 0 aromatic heterocycles. The van der Waals surface area contributed by atoms with Gasteiger partial charge in [-0.3, -0.25) is 25.0 Å². The maximum atomic E-state index is 12.6. The van der Waals surface area contributed by atoms with Crippen molar-refractivity contribution in [2.75, 3.05) is 11.9 Å². The second-order valence-electron chi connectivity index (χ2n) is 9.57. The van der Waals surface area contributed by atoms with E-state index in [4.69, 9.17) is 0 Å². The van der Waals surface area contributed by atoms with Crippen molar-refractivity contribution in [1.82, 2.24) is 10.6 Å². The molecule has 4 amide bonds. The van der Waals surface area contributed by atoms with Gasteiger partial charge in [-0.1, -0.05) is 81.8 Å². The summed E-state index contributed by atoms with van der Waals surface area (Å²) in [5.41, 5.74) is 0.455. The van der Waals surface area contributed by atoms with Crippen molar-refractivity contribution in [1.29, 1.82) is 0 Å². The number of nitrogens with one attached hydrogen (secondary N) is 3. The predicted molar refractivity (Wildman–Crippen MR) is 162 cm³/mol. The van der Waals surface area contributed by atoms with E-state index in [-0.39, 0.29) is 17.2 Å². The van der Waals surface area contributed by atoms with Crippen LogP contribution in [-0.2, 0) is 0 Å². The van der Waals surface area contributed by atoms with Gasteiger partial charge in [-0.15, -0.1) is 0 Å². The number of benzene rings is 3. The van der Waals surface area contributed by atoms with Crippen LogP contribution in [0.2, 0.25) is 0 Å². The first-order chi connectivity index (χ1) is 19.9. The first-order valence-corrected chi connectivity index (χ1v) is 14.7. The molecule has 0 aliphatic rings. The standard InChI is InChI=1S/C31H36N4O5S/c1-2-3-4-5-6-7-8-11-21-32-29(36)23-13-12-14-26(22-23)41-25-19-17-24(18-20-25)33-31(38)34-30(37)27-15-9-10-16-28(27)35(39)40/h9-10,12-20,22H,2-8,11,21H2,1H3,(H,32,36)(H2,33,34,37,38). The third-order valence-electron chi connectivity index (χ3n) is 6.33. The van der Waals surface area contributed by atoms with E-state index < -0.39 is 16.9 Å². The maximum Gasteiger partial charge on any atom is 0.326 e. The number of nitro groups is 1. The van der Waals surface area contributed by atoms with E-state index in [9.17, 15) is 24.5 Å². The third kappa shape index (κ3) is 10.7. The number of amides is 4. The molecule has 0 atom stereocenters. The smallest absolute Gasteiger partial charge is 0.326 e. The van der Waals surface area contributed by atoms with Crippen LogP contribution in [0.3, 0.4) is 0 Å². The summed E-state index contributed by atoms with van der Waals surface area (Å²) in [5.74, 6) is -0.958. The van der Waals surface area contributed by atoms with Crippen LogP contribution in [-0.4, -0.2) is 29.3 Å². The fraction of sp³-hybridized carbons (Fsp3) is 0.323. The van der Waals surface area contributed by atoms with E-state index >= 15 is 0 Å². The zero-order valence-corrected chi connectivity index (χ0v) is 24.0. The molecule has 216 valence electrons. The highest BCUT2D eigenvalue weighted by Crippen LogP contribution is 2.29. The van der Waals surface area contributed by atoms with Crippen molar-refractivity contribution < 1.29 is 19.3 Å². The fourth-order valence-electron chi connectivity index (χ4n) is 4.16. The van der Waals surface area contributed by atoms with Crippen molar-refractivity contribution in [3.05, 3.63) is 94.0 Å². The molecule has 0 saturated heterocycles. The lowest BCUT2D eigenvalue weighted by Crippen LogP contribution is -2.34. The zero-order chi connectivity index (χ0) is 29.5. The zero-order valence-electron chi connectivity index (χ0n) is 23.2. The molecular weight excluding hydrogens is 540 g/mol. The lowest BCUT2D eigenvalue weighted by atomic mass is 10.1. The van der Waals surface area contributed by atoms with Crippen LogP contribution in [0.4, 0.5) is 16.2 Å². The molecule has 3 rings (SSSR count). The number of carbonyl (C=O) groups is 3. The molecule has 0 heterocycles. The van der Waals surface area contributed by atoms with Crippen molar-refractivity contribution in [3.63, 3.8) is 0 Å². The summed E-state index contributed by atoms with van der Waals surface area (Å²) < 4.78 is 0. The summed E-state index contributed by atoms with van der Waals surface area (Å²) in [6.45, 7) is 2.89. The van der Waals surface area contributed by atoms with Crippen LogP contribution in [0.15, 0.2) is 82.6 Å². The highest BCUT2D eigenvalue weighted by atomic mass is 32.2. The molecule has 0 aliphatic heterocycles. The molecule has 9 nitrogen and oxygen atoms in total. The summed E-state index contributed by atoms with van der Waals surface area (Å²) >= 11 is 1.48. The van der Waals surface area contributed by atoms with Crippen molar-refractivity contribution in [2.45, 2.75) is 68.1 Å². The molecule has 0 saturated carbocycles. The highest BCUT2D eigenvalue weighted by molar-refractivity contribution is 7.99. The first kappa shape index (κ1) is 31.3. The van der Waals surface area contributed by atoms with Crippen molar-refractivity contribution in [2.24, 2.45) is 0 Å². The molecule has 41 heavy (non-hydrogen) atoms. The SMILES string of the molecule is CCCCCCCCCCNC(=O)c1cccc(Sc2ccc(NC(=O)NC(=O)c3ccccc3[N+](=O)[O-])cc2)c1. The van der Waals surface area contributed by atoms with Gasteiger partial charge in [0.25, 0.3) is 17.5 Å². The number of imide groups is 1. The predicted octanol–water partition coefficient (Wildman–Crippen LogP) is 7.58. The van der Waals surface area contributed by atoms with E-state index in [1.807, 2.05) is 18.2 Å². The molecule has 0 bridgehead atoms. The van der Waals surface area contributed by atoms with Crippen molar-refractivity contribution >= 4 is 41.0 Å². The summed E-state index contributed by atoms with van der Waals surface area (Å²) in [6.07, 6.45) is 9.75. The van der Waals surface area contributed by atoms with Gasteiger partial charge in [-0.25, -0.2) is 4.79 Å². The van der Waals surface area contributed by atoms with Gasteiger partial charge in [-0.2, -0.15) is 0 Å². The molecule has 3 aromatic carbocycles. The quantitative estimate of drug-likeness (QED) is 0.0971. The Kier molecular flexibility index (Phi) is 12.9. The number of carbonyl (C=O) groups excluding carboxylic acids is 3. The number of hydrogen-bond acceptors (Lipinski definition) is 6. The number of anilines is 1. The van der Waals surface area contributed by atoms with Gasteiger partial charge in [0.15, 0.2) is 0 Å². The molecule has 0 radical (unpaired) electrons. The Bertz CT molecular complexity index is 1330. The van der Waals surface area contributed by atoms with Crippen LogP contribution >= 0.6 is 11.8 Å². The number of para-hydroxylation sites is 1. The number of rotatable bonds is 15. The van der Waals surface area contributed by atoms with Crippen LogP contribution in [0.25, 0.3) is 0 Å². The molecule has 3 N–H and O–H groups in total. The van der Waals surface area contributed by atoms with E-state index in [2.05, 4.69) is 22.9 Å². The lowest BCUT2D eigenvalue weighted by molar-refractivity contribution is -0.385. The Hall–Kier alpha value is -4.18. The summed E-state index contributed by atoms with van der Waals surface area (Å²) in [7, 11) is 0. The number of nitro benzene ring substituents is 1. The Morgan fingerprint density at radius 3 is 2.17 bits per heavy atom. The van der Waals surface area contributed by atoms with Crippen LogP contribution < -0.4 is 16.0 Å². The number of urea groups is 1. The van der Waals surface area contributed by atoms with Gasteiger partial charge in [0, 0.05) is 33.7 Å². The molecule has 0 fully saturated rings. The van der Waals surface area contributed by atoms with Gasteiger partial charge >= 0.3 is 6.03 Å². The van der Waals surface area contributed by atoms with Gasteiger partial charge in [0.2, 0.25) is 0 Å². The minimum Gasteiger partial charge on any atom is -0.352 e. The minimum absolute atomic E-state index is 0.0867. The van der Waals surface area contributed by atoms with Gasteiger partial charge in [0.1, 0.15) is 5.56 Å². The van der Waals surface area contributed by atoms with Crippen LogP contribution in [0, 0.1) is 10.1 Å². The van der Waals surface area contributed by atoms with E-state index in [0.29, 0.717) is 17.8 Å². The molecular formula is C31H36N4O5S. The lowest BCUT2D eigenvalue weighted by Gasteiger charge is -2.09. The van der Waals surface area contributed by atoms with Crippen LogP contribution in [0.5, 0.6) is 0 Å². The Balaban J connectivity index is 1.44. The van der Waals surface area contributed by atoms with E-state index in [1.54, 1.807) is 30.3 Å². The fourth-order valence-corrected chi connectivity index (χ4v) is 5.04. The molecule has 0 spiro atoms. The largest absolute Gasteiger partial charge is 0.352 e. The minimum atomic E-state index is -0.872. The highest BCUT2D eigenvalue weighted by Gasteiger charge is 2.20. The van der Waals surface area contributed by atoms with E-state index in [1.165, 1.54) is 74.6 Å². The van der Waals surface area contributed by atoms with Crippen LogP contribution in [0.1, 0.15) is 79.0 Å². The number of nitrogens with zero attached hydrogens (tertiary/aromatic N) is 1. The second-order valence-corrected chi connectivity index (χ2v) is 10.7. The number of hydrogen-bond donors (Lipinski definition) is 3. The Morgan fingerprint density at radius 1 is 0.780 bits per heavy atom. The second kappa shape index (κ2) is 16.8. The third-order valence-corrected chi connectivity index (χ3v) is 7.33. The molecule has 3 aromatic rings. The first-order valence-electron chi connectivity index (χ1n) is 13.9. The Morgan fingerprint density at radius 2 is 1.46 bits per heavy atom.